The molecule has 0 saturated carbocycles. The Bertz CT molecular complexity index is 479. The molecule has 0 unspecified atom stereocenters. The Morgan fingerprint density at radius 2 is 2.10 bits per heavy atom. The number of nitrogens with two attached hydrogens (primary N) is 1. The molecule has 112 valence electrons. The number of ether oxygens (including phenoxy) is 1. The molecule has 20 heavy (non-hydrogen) atoms. The standard InChI is InChI=1S/C13H16ClF3N2O/c14-11-5-9-1-4-20-12(9)10(6-11)7-19(3-2-18)8-13(15,16)17/h5-6H,1-4,7-8,18H2. The summed E-state index contributed by atoms with van der Waals surface area (Å²) in [4.78, 5) is 1.26. The van der Waals surface area contributed by atoms with Gasteiger partial charge in [0.25, 0.3) is 0 Å². The highest BCUT2D eigenvalue weighted by atomic mass is 35.5. The normalized spacial score (nSPS) is 14.5. The van der Waals surface area contributed by atoms with Crippen LogP contribution in [0.3, 0.4) is 0 Å². The molecule has 0 saturated heterocycles. The van der Waals surface area contributed by atoms with Crippen molar-refractivity contribution in [3.05, 3.63) is 28.3 Å². The summed E-state index contributed by atoms with van der Waals surface area (Å²) >= 11 is 6.00. The van der Waals surface area contributed by atoms with E-state index in [0.717, 1.165) is 12.0 Å². The maximum atomic E-state index is 12.5. The number of nitrogens with zero attached hydrogens (tertiary/aromatic N) is 1. The first-order valence-corrected chi connectivity index (χ1v) is 6.70. The van der Waals surface area contributed by atoms with Gasteiger partial charge in [-0.05, 0) is 17.7 Å². The van der Waals surface area contributed by atoms with Gasteiger partial charge in [0.2, 0.25) is 0 Å². The number of rotatable bonds is 5. The molecule has 0 bridgehead atoms. The quantitative estimate of drug-likeness (QED) is 0.908. The van der Waals surface area contributed by atoms with E-state index in [0.29, 0.717) is 22.9 Å². The Morgan fingerprint density at radius 3 is 2.75 bits per heavy atom. The van der Waals surface area contributed by atoms with Crippen molar-refractivity contribution in [2.75, 3.05) is 26.2 Å². The largest absolute Gasteiger partial charge is 0.493 e. The molecule has 2 N–H and O–H groups in total. The first-order valence-electron chi connectivity index (χ1n) is 6.32. The smallest absolute Gasteiger partial charge is 0.401 e. The van der Waals surface area contributed by atoms with Gasteiger partial charge in [0.05, 0.1) is 13.2 Å². The van der Waals surface area contributed by atoms with E-state index in [1.807, 2.05) is 0 Å². The van der Waals surface area contributed by atoms with Crippen LogP contribution in [0.15, 0.2) is 12.1 Å². The van der Waals surface area contributed by atoms with Crippen LogP contribution in [0, 0.1) is 0 Å². The summed E-state index contributed by atoms with van der Waals surface area (Å²) in [7, 11) is 0. The van der Waals surface area contributed by atoms with Crippen LogP contribution in [0.25, 0.3) is 0 Å². The van der Waals surface area contributed by atoms with Crippen molar-refractivity contribution in [1.29, 1.82) is 0 Å². The van der Waals surface area contributed by atoms with Crippen LogP contribution in [0.4, 0.5) is 13.2 Å². The summed E-state index contributed by atoms with van der Waals surface area (Å²) in [6, 6.07) is 3.45. The summed E-state index contributed by atoms with van der Waals surface area (Å²) in [6.07, 6.45) is -3.52. The van der Waals surface area contributed by atoms with Gasteiger partial charge in [-0.15, -0.1) is 0 Å². The van der Waals surface area contributed by atoms with Crippen molar-refractivity contribution in [1.82, 2.24) is 4.90 Å². The van der Waals surface area contributed by atoms with E-state index in [9.17, 15) is 13.2 Å². The molecule has 3 nitrogen and oxygen atoms in total. The van der Waals surface area contributed by atoms with Crippen molar-refractivity contribution >= 4 is 11.6 Å². The highest BCUT2D eigenvalue weighted by Crippen LogP contribution is 2.34. The molecular weight excluding hydrogens is 293 g/mol. The van der Waals surface area contributed by atoms with Gasteiger partial charge in [-0.1, -0.05) is 11.6 Å². The maximum Gasteiger partial charge on any atom is 0.401 e. The Kier molecular flexibility index (Phi) is 4.78. The van der Waals surface area contributed by atoms with Crippen molar-refractivity contribution in [3.8, 4) is 5.75 Å². The van der Waals surface area contributed by atoms with Crippen molar-refractivity contribution < 1.29 is 17.9 Å². The second-order valence-electron chi connectivity index (χ2n) is 4.77. The summed E-state index contributed by atoms with van der Waals surface area (Å²) in [6.45, 7) is 0.00438. The zero-order valence-electron chi connectivity index (χ0n) is 10.8. The number of alkyl halides is 3. The molecule has 0 radical (unpaired) electrons. The summed E-state index contributed by atoms with van der Waals surface area (Å²) in [5, 5.41) is 0.518. The third-order valence-corrected chi connectivity index (χ3v) is 3.29. The van der Waals surface area contributed by atoms with Crippen molar-refractivity contribution in [3.63, 3.8) is 0 Å². The summed E-state index contributed by atoms with van der Waals surface area (Å²) in [5.41, 5.74) is 7.01. The van der Waals surface area contributed by atoms with E-state index in [2.05, 4.69) is 0 Å². The van der Waals surface area contributed by atoms with Gasteiger partial charge >= 0.3 is 6.18 Å². The Morgan fingerprint density at radius 1 is 1.35 bits per heavy atom. The van der Waals surface area contributed by atoms with E-state index in [1.165, 1.54) is 4.90 Å². The van der Waals surface area contributed by atoms with E-state index in [-0.39, 0.29) is 19.6 Å². The van der Waals surface area contributed by atoms with Crippen LogP contribution in [-0.2, 0) is 13.0 Å². The fraction of sp³-hybridized carbons (Fsp3) is 0.538. The monoisotopic (exact) mass is 308 g/mol. The summed E-state index contributed by atoms with van der Waals surface area (Å²) < 4.78 is 43.1. The number of hydrogen-bond donors (Lipinski definition) is 1. The predicted octanol–water partition coefficient (Wildman–Crippen LogP) is 2.60. The zero-order chi connectivity index (χ0) is 14.8. The molecule has 1 heterocycles. The topological polar surface area (TPSA) is 38.5 Å². The molecule has 0 aliphatic carbocycles. The van der Waals surface area contributed by atoms with Gasteiger partial charge in [-0.2, -0.15) is 13.2 Å². The van der Waals surface area contributed by atoms with Crippen molar-refractivity contribution in [2.45, 2.75) is 19.1 Å². The lowest BCUT2D eigenvalue weighted by molar-refractivity contribution is -0.146. The second kappa shape index (κ2) is 6.20. The molecule has 1 aliphatic heterocycles. The van der Waals surface area contributed by atoms with Gasteiger partial charge in [0.15, 0.2) is 0 Å². The lowest BCUT2D eigenvalue weighted by atomic mass is 10.1. The Balaban J connectivity index is 2.18. The molecule has 0 amide bonds. The molecule has 0 fully saturated rings. The SMILES string of the molecule is NCCN(Cc1cc(Cl)cc2c1OCC2)CC(F)(F)F. The Hall–Kier alpha value is -0.980. The second-order valence-corrected chi connectivity index (χ2v) is 5.20. The van der Waals surface area contributed by atoms with Crippen LogP contribution in [0.2, 0.25) is 5.02 Å². The fourth-order valence-electron chi connectivity index (χ4n) is 2.35. The van der Waals surface area contributed by atoms with Crippen LogP contribution in [0.5, 0.6) is 5.75 Å². The molecule has 0 atom stereocenters. The van der Waals surface area contributed by atoms with Gasteiger partial charge < -0.3 is 10.5 Å². The number of benzene rings is 1. The highest BCUT2D eigenvalue weighted by molar-refractivity contribution is 6.30. The summed E-state index contributed by atoms with van der Waals surface area (Å²) in [5.74, 6) is 0.665. The van der Waals surface area contributed by atoms with Gasteiger partial charge in [-0.25, -0.2) is 0 Å². The van der Waals surface area contributed by atoms with Crippen molar-refractivity contribution in [2.24, 2.45) is 5.73 Å². The van der Waals surface area contributed by atoms with E-state index < -0.39 is 12.7 Å². The highest BCUT2D eigenvalue weighted by Gasteiger charge is 2.31. The first kappa shape index (κ1) is 15.4. The molecule has 0 spiro atoms. The molecule has 1 aromatic carbocycles. The van der Waals surface area contributed by atoms with Gasteiger partial charge in [0, 0.05) is 36.6 Å². The fourth-order valence-corrected chi connectivity index (χ4v) is 2.62. The zero-order valence-corrected chi connectivity index (χ0v) is 11.6. The number of hydrogen-bond acceptors (Lipinski definition) is 3. The third kappa shape index (κ3) is 4.01. The predicted molar refractivity (Wildman–Crippen MR) is 71.0 cm³/mol. The average Bonchev–Trinajstić information content (AvgIpc) is 2.74. The third-order valence-electron chi connectivity index (χ3n) is 3.07. The number of fused-ring (bicyclic) bond motifs is 1. The lowest BCUT2D eigenvalue weighted by Gasteiger charge is -2.24. The van der Waals surface area contributed by atoms with E-state index in [4.69, 9.17) is 22.1 Å². The lowest BCUT2D eigenvalue weighted by Crippen LogP contribution is -2.37. The molecule has 7 heteroatoms. The van der Waals surface area contributed by atoms with Crippen LogP contribution in [0.1, 0.15) is 11.1 Å². The molecule has 2 rings (SSSR count). The minimum Gasteiger partial charge on any atom is -0.493 e. The van der Waals surface area contributed by atoms with E-state index in [1.54, 1.807) is 12.1 Å². The first-order chi connectivity index (χ1) is 9.39. The average molecular weight is 309 g/mol. The minimum atomic E-state index is -4.25. The molecule has 0 aromatic heterocycles. The maximum absolute atomic E-state index is 12.5. The number of halogens is 4. The molecule has 1 aromatic rings. The van der Waals surface area contributed by atoms with Gasteiger partial charge in [0.1, 0.15) is 5.75 Å². The Labute approximate surface area is 120 Å². The van der Waals surface area contributed by atoms with Crippen LogP contribution in [-0.4, -0.2) is 37.3 Å². The minimum absolute atomic E-state index is 0.125. The molecular formula is C13H16ClF3N2O. The van der Waals surface area contributed by atoms with Crippen LogP contribution < -0.4 is 10.5 Å². The van der Waals surface area contributed by atoms with Crippen LogP contribution >= 0.6 is 11.6 Å². The van der Waals surface area contributed by atoms with Gasteiger partial charge in [-0.3, -0.25) is 4.90 Å². The molecule has 1 aliphatic rings. The van der Waals surface area contributed by atoms with E-state index >= 15 is 0 Å².